The zero-order valence-corrected chi connectivity index (χ0v) is 16.5. The van der Waals surface area contributed by atoms with E-state index in [4.69, 9.17) is 23.8 Å². The zero-order chi connectivity index (χ0) is 19.2. The Bertz CT molecular complexity index is 991. The van der Waals surface area contributed by atoms with Gasteiger partial charge in [-0.2, -0.15) is 0 Å². The Kier molecular flexibility index (Phi) is 4.73. The summed E-state index contributed by atoms with van der Waals surface area (Å²) in [6.45, 7) is 5.85. The van der Waals surface area contributed by atoms with E-state index in [-0.39, 0.29) is 10.7 Å². The average Bonchev–Trinajstić information content (AvgIpc) is 2.86. The smallest absolute Gasteiger partial charge is 0.265 e. The Morgan fingerprint density at radius 2 is 1.85 bits per heavy atom. The lowest BCUT2D eigenvalue weighted by atomic mass is 10.1. The highest BCUT2D eigenvalue weighted by atomic mass is 35.5. The second-order valence-electron chi connectivity index (χ2n) is 6.28. The van der Waals surface area contributed by atoms with Crippen LogP contribution in [0.5, 0.6) is 0 Å². The van der Waals surface area contributed by atoms with Crippen molar-refractivity contribution in [3.63, 3.8) is 0 Å². The van der Waals surface area contributed by atoms with Crippen LogP contribution in [0.3, 0.4) is 0 Å². The van der Waals surface area contributed by atoms with Gasteiger partial charge in [-0.1, -0.05) is 17.7 Å². The maximum absolute atomic E-state index is 12.4. The van der Waals surface area contributed by atoms with E-state index in [9.17, 15) is 9.59 Å². The van der Waals surface area contributed by atoms with Crippen molar-refractivity contribution < 1.29 is 9.59 Å². The predicted octanol–water partition coefficient (Wildman–Crippen LogP) is 3.31. The van der Waals surface area contributed by atoms with Gasteiger partial charge in [0.25, 0.3) is 11.8 Å². The van der Waals surface area contributed by atoms with E-state index in [1.807, 2.05) is 49.6 Å². The van der Waals surface area contributed by atoms with E-state index >= 15 is 0 Å². The number of thiocarbonyl (C=S) groups is 1. The fourth-order valence-electron chi connectivity index (χ4n) is 2.95. The fourth-order valence-corrected chi connectivity index (χ4v) is 3.30. The van der Waals surface area contributed by atoms with Crippen molar-refractivity contribution in [1.29, 1.82) is 0 Å². The summed E-state index contributed by atoms with van der Waals surface area (Å²) in [7, 11) is 1.54. The Labute approximate surface area is 162 Å². The number of nitrogens with one attached hydrogen (secondary N) is 1. The normalized spacial score (nSPS) is 16.4. The molecule has 134 valence electrons. The van der Waals surface area contributed by atoms with Crippen LogP contribution in [-0.4, -0.2) is 33.4 Å². The van der Waals surface area contributed by atoms with Crippen LogP contribution in [0, 0.1) is 20.8 Å². The van der Waals surface area contributed by atoms with Gasteiger partial charge < -0.3 is 4.57 Å². The molecule has 2 amide bonds. The molecule has 2 heterocycles. The van der Waals surface area contributed by atoms with Crippen LogP contribution in [0.4, 0.5) is 0 Å². The summed E-state index contributed by atoms with van der Waals surface area (Å²) >= 11 is 11.2. The number of aromatic nitrogens is 1. The third-order valence-corrected chi connectivity index (χ3v) is 5.27. The minimum Gasteiger partial charge on any atom is -0.318 e. The van der Waals surface area contributed by atoms with Crippen molar-refractivity contribution in [3.05, 3.63) is 57.4 Å². The summed E-state index contributed by atoms with van der Waals surface area (Å²) in [5.41, 5.74) is 4.66. The largest absolute Gasteiger partial charge is 0.318 e. The molecule has 0 spiro atoms. The van der Waals surface area contributed by atoms with Gasteiger partial charge >= 0.3 is 0 Å². The molecule has 0 radical (unpaired) electrons. The van der Waals surface area contributed by atoms with Crippen molar-refractivity contribution in [3.8, 4) is 5.69 Å². The minimum atomic E-state index is -0.485. The van der Waals surface area contributed by atoms with Crippen LogP contribution < -0.4 is 5.32 Å². The Hall–Kier alpha value is -2.44. The molecule has 0 atom stereocenters. The molecular weight excluding hydrogens is 370 g/mol. The molecule has 2 aromatic rings. The maximum atomic E-state index is 12.4. The highest BCUT2D eigenvalue weighted by Crippen LogP contribution is 2.26. The predicted molar refractivity (Wildman–Crippen MR) is 106 cm³/mol. The summed E-state index contributed by atoms with van der Waals surface area (Å²) in [6, 6.07) is 7.79. The van der Waals surface area contributed by atoms with Crippen molar-refractivity contribution in [2.24, 2.45) is 0 Å². The lowest BCUT2D eigenvalue weighted by molar-refractivity contribution is -0.128. The van der Waals surface area contributed by atoms with Gasteiger partial charge in [0.05, 0.1) is 0 Å². The molecule has 1 aliphatic heterocycles. The molecule has 0 aliphatic carbocycles. The van der Waals surface area contributed by atoms with Gasteiger partial charge in [-0.05, 0) is 68.4 Å². The molecule has 26 heavy (non-hydrogen) atoms. The molecule has 1 saturated heterocycles. The monoisotopic (exact) mass is 387 g/mol. The number of likely N-dealkylation sites (N-methyl/N-ethyl adjacent to an activating group) is 1. The number of carbonyl (C=O) groups is 2. The van der Waals surface area contributed by atoms with E-state index in [0.717, 1.165) is 28.2 Å². The fraction of sp³-hybridized carbons (Fsp3) is 0.211. The number of aryl methyl sites for hydroxylation is 2. The molecule has 0 saturated carbocycles. The first-order valence-electron chi connectivity index (χ1n) is 8.01. The van der Waals surface area contributed by atoms with Crippen molar-refractivity contribution in [1.82, 2.24) is 14.8 Å². The first-order valence-corrected chi connectivity index (χ1v) is 8.80. The SMILES string of the molecule is Cc1ccc(-n2c(C)cc(/C=C3\C(=O)NC(=S)N(C)C3=O)c2C)cc1Cl. The van der Waals surface area contributed by atoms with Gasteiger partial charge in [0.15, 0.2) is 5.11 Å². The number of amides is 2. The molecule has 0 unspecified atom stereocenters. The lowest BCUT2D eigenvalue weighted by Gasteiger charge is -2.25. The number of rotatable bonds is 2. The average molecular weight is 388 g/mol. The zero-order valence-electron chi connectivity index (χ0n) is 14.9. The summed E-state index contributed by atoms with van der Waals surface area (Å²) in [4.78, 5) is 25.8. The molecule has 0 bridgehead atoms. The Morgan fingerprint density at radius 3 is 2.50 bits per heavy atom. The number of carbonyl (C=O) groups excluding carboxylic acids is 2. The highest BCUT2D eigenvalue weighted by molar-refractivity contribution is 7.80. The number of hydrogen-bond acceptors (Lipinski definition) is 3. The minimum absolute atomic E-state index is 0.0586. The molecular formula is C19H18ClN3O2S. The van der Waals surface area contributed by atoms with Gasteiger partial charge in [-0.15, -0.1) is 0 Å². The lowest BCUT2D eigenvalue weighted by Crippen LogP contribution is -2.52. The quantitative estimate of drug-likeness (QED) is 0.488. The highest BCUT2D eigenvalue weighted by Gasteiger charge is 2.31. The van der Waals surface area contributed by atoms with Crippen molar-refractivity contribution in [2.45, 2.75) is 20.8 Å². The van der Waals surface area contributed by atoms with Crippen LogP contribution in [0.1, 0.15) is 22.5 Å². The number of benzene rings is 1. The van der Waals surface area contributed by atoms with Gasteiger partial charge in [-0.25, -0.2) is 0 Å². The topological polar surface area (TPSA) is 54.3 Å². The molecule has 1 aromatic heterocycles. The van der Waals surface area contributed by atoms with E-state index in [1.54, 1.807) is 6.08 Å². The summed E-state index contributed by atoms with van der Waals surface area (Å²) in [5, 5.41) is 3.32. The van der Waals surface area contributed by atoms with Gasteiger partial charge in [-0.3, -0.25) is 19.8 Å². The van der Waals surface area contributed by atoms with E-state index < -0.39 is 11.8 Å². The van der Waals surface area contributed by atoms with Crippen molar-refractivity contribution >= 4 is 46.8 Å². The van der Waals surface area contributed by atoms with Crippen LogP contribution in [0.25, 0.3) is 11.8 Å². The second kappa shape index (κ2) is 6.70. The van der Waals surface area contributed by atoms with E-state index in [0.29, 0.717) is 5.02 Å². The second-order valence-corrected chi connectivity index (χ2v) is 7.07. The molecule has 1 aliphatic rings. The third kappa shape index (κ3) is 3.06. The summed E-state index contributed by atoms with van der Waals surface area (Å²) < 4.78 is 2.04. The number of halogens is 1. The van der Waals surface area contributed by atoms with Crippen LogP contribution >= 0.6 is 23.8 Å². The van der Waals surface area contributed by atoms with Crippen LogP contribution in [-0.2, 0) is 9.59 Å². The Morgan fingerprint density at radius 1 is 1.15 bits per heavy atom. The van der Waals surface area contributed by atoms with Gasteiger partial charge in [0, 0.05) is 29.1 Å². The molecule has 3 rings (SSSR count). The molecule has 1 aromatic carbocycles. The standard InChI is InChI=1S/C19H18ClN3O2S/c1-10-5-6-14(9-16(10)20)23-11(2)7-13(12(23)3)8-15-17(24)21-19(26)22(4)18(15)25/h5-9H,1-4H3,(H,21,24,26)/b15-8+. The van der Waals surface area contributed by atoms with Gasteiger partial charge in [0.1, 0.15) is 5.57 Å². The number of hydrogen-bond donors (Lipinski definition) is 1. The number of nitrogens with zero attached hydrogens (tertiary/aromatic N) is 2. The molecule has 1 fully saturated rings. The first-order chi connectivity index (χ1) is 12.2. The summed E-state index contributed by atoms with van der Waals surface area (Å²) in [6.07, 6.45) is 1.60. The third-order valence-electron chi connectivity index (χ3n) is 4.49. The summed E-state index contributed by atoms with van der Waals surface area (Å²) in [5.74, 6) is -0.900. The molecule has 7 heteroatoms. The first kappa shape index (κ1) is 18.4. The van der Waals surface area contributed by atoms with E-state index in [1.165, 1.54) is 11.9 Å². The molecule has 5 nitrogen and oxygen atoms in total. The van der Waals surface area contributed by atoms with E-state index in [2.05, 4.69) is 5.32 Å². The van der Waals surface area contributed by atoms with Crippen molar-refractivity contribution in [2.75, 3.05) is 7.05 Å². The Balaban J connectivity index is 2.08. The van der Waals surface area contributed by atoms with Gasteiger partial charge in [0.2, 0.25) is 0 Å². The van der Waals surface area contributed by atoms with Crippen LogP contribution in [0.2, 0.25) is 5.02 Å². The maximum Gasteiger partial charge on any atom is 0.265 e. The van der Waals surface area contributed by atoms with Crippen LogP contribution in [0.15, 0.2) is 29.8 Å². The molecule has 1 N–H and O–H groups in total.